The van der Waals surface area contributed by atoms with Crippen molar-refractivity contribution in [3.63, 3.8) is 0 Å². The molecule has 6 N–H and O–H groups in total. The van der Waals surface area contributed by atoms with Crippen LogP contribution in [0.5, 0.6) is 5.75 Å². The molecule has 0 aliphatic heterocycles. The Morgan fingerprint density at radius 3 is 2.59 bits per heavy atom. The third-order valence-corrected chi connectivity index (χ3v) is 3.24. The van der Waals surface area contributed by atoms with E-state index in [-0.39, 0.29) is 6.61 Å². The van der Waals surface area contributed by atoms with Crippen LogP contribution in [0.25, 0.3) is 0 Å². The molecule has 0 aliphatic rings. The second-order valence-electron chi connectivity index (χ2n) is 4.91. The minimum atomic E-state index is -0.630. The van der Waals surface area contributed by atoms with Crippen LogP contribution < -0.4 is 21.9 Å². The number of primary amides is 2. The Balaban J connectivity index is 2.73. The van der Waals surface area contributed by atoms with Crippen LogP contribution in [-0.4, -0.2) is 24.5 Å². The SMILES string of the molecule is C#CCOc1c(CCCC[C@H](N)C(N)=O)cccc1C(N)=O. The lowest BCUT2D eigenvalue weighted by atomic mass is 10.0. The number of ether oxygens (including phenoxy) is 1. The molecule has 22 heavy (non-hydrogen) atoms. The first-order valence-electron chi connectivity index (χ1n) is 7.00. The van der Waals surface area contributed by atoms with Crippen molar-refractivity contribution in [3.05, 3.63) is 29.3 Å². The first-order chi connectivity index (χ1) is 10.5. The molecule has 0 saturated heterocycles. The third kappa shape index (κ3) is 5.11. The van der Waals surface area contributed by atoms with E-state index in [9.17, 15) is 9.59 Å². The zero-order chi connectivity index (χ0) is 16.5. The number of rotatable bonds is 9. The molecular formula is C16H21N3O3. The molecule has 0 unspecified atom stereocenters. The quantitative estimate of drug-likeness (QED) is 0.449. The Kier molecular flexibility index (Phi) is 6.93. The van der Waals surface area contributed by atoms with Gasteiger partial charge in [-0.3, -0.25) is 9.59 Å². The van der Waals surface area contributed by atoms with Crippen LogP contribution in [0.1, 0.15) is 35.2 Å². The lowest BCUT2D eigenvalue weighted by Gasteiger charge is -2.13. The van der Waals surface area contributed by atoms with Gasteiger partial charge in [0, 0.05) is 0 Å². The maximum atomic E-state index is 11.5. The van der Waals surface area contributed by atoms with Gasteiger partial charge >= 0.3 is 0 Å². The van der Waals surface area contributed by atoms with Crippen LogP contribution in [0, 0.1) is 12.3 Å². The highest BCUT2D eigenvalue weighted by molar-refractivity contribution is 5.96. The minimum absolute atomic E-state index is 0.0594. The van der Waals surface area contributed by atoms with Crippen molar-refractivity contribution in [1.29, 1.82) is 0 Å². The second-order valence-corrected chi connectivity index (χ2v) is 4.91. The number of aryl methyl sites for hydroxylation is 1. The largest absolute Gasteiger partial charge is 0.480 e. The molecule has 1 rings (SSSR count). The van der Waals surface area contributed by atoms with E-state index in [1.807, 2.05) is 6.07 Å². The number of carbonyl (C=O) groups is 2. The Bertz CT molecular complexity index is 578. The summed E-state index contributed by atoms with van der Waals surface area (Å²) in [7, 11) is 0. The smallest absolute Gasteiger partial charge is 0.252 e. The summed E-state index contributed by atoms with van der Waals surface area (Å²) in [6.07, 6.45) is 7.87. The van der Waals surface area contributed by atoms with Gasteiger partial charge in [0.2, 0.25) is 5.91 Å². The third-order valence-electron chi connectivity index (χ3n) is 3.24. The Labute approximate surface area is 130 Å². The van der Waals surface area contributed by atoms with Gasteiger partial charge in [-0.1, -0.05) is 24.5 Å². The van der Waals surface area contributed by atoms with Gasteiger partial charge in [0.25, 0.3) is 5.91 Å². The summed E-state index contributed by atoms with van der Waals surface area (Å²) in [5.74, 6) is 1.71. The number of carbonyl (C=O) groups excluding carboxylic acids is 2. The Morgan fingerprint density at radius 1 is 1.27 bits per heavy atom. The van der Waals surface area contributed by atoms with Crippen LogP contribution in [0.2, 0.25) is 0 Å². The van der Waals surface area contributed by atoms with E-state index >= 15 is 0 Å². The Morgan fingerprint density at radius 2 is 2.00 bits per heavy atom. The van der Waals surface area contributed by atoms with Gasteiger partial charge in [-0.25, -0.2) is 0 Å². The summed E-state index contributed by atoms with van der Waals surface area (Å²) in [5, 5.41) is 0. The zero-order valence-electron chi connectivity index (χ0n) is 12.4. The highest BCUT2D eigenvalue weighted by atomic mass is 16.5. The van der Waals surface area contributed by atoms with Gasteiger partial charge in [0.1, 0.15) is 12.4 Å². The predicted molar refractivity (Wildman–Crippen MR) is 84.0 cm³/mol. The molecule has 0 heterocycles. The summed E-state index contributed by atoms with van der Waals surface area (Å²) in [6.45, 7) is 0.0594. The first kappa shape index (κ1) is 17.5. The van der Waals surface area contributed by atoms with Crippen molar-refractivity contribution in [2.24, 2.45) is 17.2 Å². The van der Waals surface area contributed by atoms with E-state index in [4.69, 9.17) is 28.4 Å². The molecule has 118 valence electrons. The normalized spacial score (nSPS) is 11.5. The van der Waals surface area contributed by atoms with Gasteiger partial charge in [-0.2, -0.15) is 0 Å². The molecule has 0 aliphatic carbocycles. The maximum Gasteiger partial charge on any atom is 0.252 e. The lowest BCUT2D eigenvalue weighted by Crippen LogP contribution is -2.36. The molecular weight excluding hydrogens is 282 g/mol. The van der Waals surface area contributed by atoms with E-state index in [2.05, 4.69) is 5.92 Å². The van der Waals surface area contributed by atoms with Crippen LogP contribution >= 0.6 is 0 Å². The highest BCUT2D eigenvalue weighted by Gasteiger charge is 2.14. The van der Waals surface area contributed by atoms with E-state index in [1.165, 1.54) is 0 Å². The zero-order valence-corrected chi connectivity index (χ0v) is 12.4. The molecule has 0 saturated carbocycles. The number of para-hydroxylation sites is 1. The fraction of sp³-hybridized carbons (Fsp3) is 0.375. The van der Waals surface area contributed by atoms with Crippen LogP contribution in [0.4, 0.5) is 0 Å². The van der Waals surface area contributed by atoms with E-state index in [0.717, 1.165) is 18.4 Å². The van der Waals surface area contributed by atoms with Crippen molar-refractivity contribution in [2.75, 3.05) is 6.61 Å². The molecule has 6 heteroatoms. The standard InChI is InChI=1S/C16H21N3O3/c1-2-10-22-14-11(7-5-8-12(14)15(18)20)6-3-4-9-13(17)16(19)21/h1,5,7-8,13H,3-4,6,9-10,17H2,(H2,18,20)(H2,19,21)/t13-/m0/s1. The summed E-state index contributed by atoms with van der Waals surface area (Å²) in [6, 6.07) is 4.56. The lowest BCUT2D eigenvalue weighted by molar-refractivity contribution is -0.119. The fourth-order valence-electron chi connectivity index (χ4n) is 2.08. The second kappa shape index (κ2) is 8.70. The summed E-state index contributed by atoms with van der Waals surface area (Å²) >= 11 is 0. The molecule has 2 amide bonds. The molecule has 1 atom stereocenters. The molecule has 0 radical (unpaired) electrons. The average Bonchev–Trinajstić information content (AvgIpc) is 2.49. The highest BCUT2D eigenvalue weighted by Crippen LogP contribution is 2.25. The number of hydrogen-bond donors (Lipinski definition) is 3. The average molecular weight is 303 g/mol. The van der Waals surface area contributed by atoms with Crippen LogP contribution in [0.15, 0.2) is 18.2 Å². The monoisotopic (exact) mass is 303 g/mol. The summed E-state index contributed by atoms with van der Waals surface area (Å²) < 4.78 is 5.46. The maximum absolute atomic E-state index is 11.5. The molecule has 1 aromatic rings. The summed E-state index contributed by atoms with van der Waals surface area (Å²) in [5.41, 5.74) is 17.2. The van der Waals surface area contributed by atoms with Gasteiger partial charge in [-0.15, -0.1) is 6.42 Å². The number of benzene rings is 1. The molecule has 1 aromatic carbocycles. The number of nitrogens with two attached hydrogens (primary N) is 3. The first-order valence-corrected chi connectivity index (χ1v) is 7.00. The van der Waals surface area contributed by atoms with Crippen molar-refractivity contribution >= 4 is 11.8 Å². The molecule has 0 spiro atoms. The molecule has 6 nitrogen and oxygen atoms in total. The van der Waals surface area contributed by atoms with E-state index in [1.54, 1.807) is 12.1 Å². The van der Waals surface area contributed by atoms with E-state index in [0.29, 0.717) is 24.2 Å². The van der Waals surface area contributed by atoms with Crippen molar-refractivity contribution in [3.8, 4) is 18.1 Å². The number of amides is 2. The van der Waals surface area contributed by atoms with Gasteiger partial charge < -0.3 is 21.9 Å². The van der Waals surface area contributed by atoms with Gasteiger partial charge in [0.15, 0.2) is 0 Å². The van der Waals surface area contributed by atoms with Gasteiger partial charge in [-0.05, 0) is 30.9 Å². The minimum Gasteiger partial charge on any atom is -0.480 e. The fourth-order valence-corrected chi connectivity index (χ4v) is 2.08. The van der Waals surface area contributed by atoms with Crippen molar-refractivity contribution < 1.29 is 14.3 Å². The summed E-state index contributed by atoms with van der Waals surface area (Å²) in [4.78, 5) is 22.3. The van der Waals surface area contributed by atoms with E-state index < -0.39 is 17.9 Å². The molecule has 0 aromatic heterocycles. The number of unbranched alkanes of at least 4 members (excludes halogenated alkanes) is 1. The van der Waals surface area contributed by atoms with Crippen molar-refractivity contribution in [2.45, 2.75) is 31.7 Å². The van der Waals surface area contributed by atoms with Gasteiger partial charge in [0.05, 0.1) is 11.6 Å². The van der Waals surface area contributed by atoms with Crippen molar-refractivity contribution in [1.82, 2.24) is 0 Å². The molecule has 0 bridgehead atoms. The van der Waals surface area contributed by atoms with Crippen LogP contribution in [-0.2, 0) is 11.2 Å². The number of terminal acetylenes is 1. The predicted octanol–water partition coefficient (Wildman–Crippen LogP) is 0.323. The number of hydrogen-bond acceptors (Lipinski definition) is 4. The topological polar surface area (TPSA) is 121 Å². The van der Waals surface area contributed by atoms with Crippen LogP contribution in [0.3, 0.4) is 0 Å². The Hall–Kier alpha value is -2.52. The molecule has 0 fully saturated rings.